The summed E-state index contributed by atoms with van der Waals surface area (Å²) in [4.78, 5) is 63.0. The van der Waals surface area contributed by atoms with E-state index in [1.54, 1.807) is 0 Å². The summed E-state index contributed by atoms with van der Waals surface area (Å²) in [5.74, 6) is -1.39. The number of imide groups is 1. The normalized spacial score (nSPS) is 15.5. The second kappa shape index (κ2) is 11.4. The zero-order chi connectivity index (χ0) is 24.0. The molecule has 0 radical (unpaired) electrons. The number of ketones is 2. The number of amides is 3. The molecule has 11 heteroatoms. The van der Waals surface area contributed by atoms with Gasteiger partial charge in [-0.3, -0.25) is 28.9 Å². The van der Waals surface area contributed by atoms with Gasteiger partial charge in [-0.25, -0.2) is 0 Å². The van der Waals surface area contributed by atoms with Crippen molar-refractivity contribution in [3.63, 3.8) is 0 Å². The molecule has 3 rings (SSSR count). The maximum atomic E-state index is 13.1. The van der Waals surface area contributed by atoms with Crippen molar-refractivity contribution in [1.29, 1.82) is 0 Å². The molecule has 0 atom stereocenters. The molecule has 33 heavy (non-hydrogen) atoms. The maximum Gasteiger partial charge on any atom is 0.253 e. The molecule has 0 saturated carbocycles. The van der Waals surface area contributed by atoms with Crippen LogP contribution in [0.15, 0.2) is 40.2 Å². The molecule has 2 aliphatic rings. The van der Waals surface area contributed by atoms with Gasteiger partial charge in [0.25, 0.3) is 11.8 Å². The number of nitrogens with one attached hydrogen (secondary N) is 1. The molecule has 0 aromatic heterocycles. The number of hydrogen-bond donors (Lipinski definition) is 3. The van der Waals surface area contributed by atoms with Crippen LogP contribution >= 0.6 is 23.5 Å². The predicted molar refractivity (Wildman–Crippen MR) is 125 cm³/mol. The van der Waals surface area contributed by atoms with E-state index in [0.717, 1.165) is 28.4 Å². The highest BCUT2D eigenvalue weighted by Gasteiger charge is 2.33. The number of Topliss-reactive ketones (excluding diaryl/α,β-unsaturated/α-hetero) is 2. The van der Waals surface area contributed by atoms with Gasteiger partial charge in [0.1, 0.15) is 0 Å². The van der Waals surface area contributed by atoms with Crippen LogP contribution in [0.2, 0.25) is 0 Å². The van der Waals surface area contributed by atoms with Crippen LogP contribution < -0.4 is 5.32 Å². The van der Waals surface area contributed by atoms with E-state index >= 15 is 0 Å². The van der Waals surface area contributed by atoms with Crippen LogP contribution in [-0.4, -0.2) is 75.7 Å². The molecular weight excluding hydrogens is 468 g/mol. The minimum absolute atomic E-state index is 0.0560. The van der Waals surface area contributed by atoms with E-state index < -0.39 is 11.8 Å². The summed E-state index contributed by atoms with van der Waals surface area (Å²) < 4.78 is 0. The second-order valence-electron chi connectivity index (χ2n) is 7.03. The summed E-state index contributed by atoms with van der Waals surface area (Å²) in [7, 11) is 0. The number of allylic oxidation sites excluding steroid dienone is 2. The van der Waals surface area contributed by atoms with Crippen molar-refractivity contribution in [1.82, 2.24) is 4.90 Å². The topological polar surface area (TPSA) is 141 Å². The van der Waals surface area contributed by atoms with E-state index in [-0.39, 0.29) is 82.5 Å². The van der Waals surface area contributed by atoms with Crippen molar-refractivity contribution < 1.29 is 34.2 Å². The summed E-state index contributed by atoms with van der Waals surface area (Å²) in [6.07, 6.45) is 2.70. The lowest BCUT2D eigenvalue weighted by Gasteiger charge is -2.21. The number of aliphatic hydroxyl groups is 2. The van der Waals surface area contributed by atoms with E-state index in [0.29, 0.717) is 5.69 Å². The first-order valence-corrected chi connectivity index (χ1v) is 12.1. The Morgan fingerprint density at radius 1 is 0.879 bits per heavy atom. The number of carbonyl (C=O) groups is 5. The van der Waals surface area contributed by atoms with Crippen molar-refractivity contribution in [2.45, 2.75) is 12.8 Å². The molecule has 3 amide bonds. The van der Waals surface area contributed by atoms with Gasteiger partial charge < -0.3 is 15.5 Å². The smallest absolute Gasteiger partial charge is 0.253 e. The molecule has 1 aromatic carbocycles. The molecule has 3 N–H and O–H groups in total. The number of aliphatic hydroxyl groups excluding tert-OH is 2. The molecule has 1 aliphatic carbocycles. The molecule has 0 bridgehead atoms. The van der Waals surface area contributed by atoms with Crippen molar-refractivity contribution >= 4 is 58.5 Å². The Labute approximate surface area is 198 Å². The van der Waals surface area contributed by atoms with Gasteiger partial charge in [0.15, 0.2) is 0 Å². The summed E-state index contributed by atoms with van der Waals surface area (Å²) in [5.41, 5.74) is 0.712. The molecule has 174 valence electrons. The first-order chi connectivity index (χ1) is 15.9. The van der Waals surface area contributed by atoms with Crippen molar-refractivity contribution in [2.75, 3.05) is 36.6 Å². The number of thioether (sulfide) groups is 2. The standard InChI is InChI=1S/C22H22N2O7S2/c25-8-10-32-21-19(30)14-4-3-13(12-15(14)20(31)22(21)33-11-9-26)23-16(27)2-1-7-24-17(28)5-6-18(24)29/h3-6,12,25-26H,1-2,7-11H2,(H,23,27). The lowest BCUT2D eigenvalue weighted by Crippen LogP contribution is -2.31. The SMILES string of the molecule is O=C(CCCN1C(=O)C=CC1=O)Nc1ccc2c(c1)C(=O)C(SCCO)=C(SCCO)C2=O. The van der Waals surface area contributed by atoms with Crippen LogP contribution in [-0.2, 0) is 14.4 Å². The Morgan fingerprint density at radius 3 is 2.03 bits per heavy atom. The van der Waals surface area contributed by atoms with E-state index in [2.05, 4.69) is 5.32 Å². The van der Waals surface area contributed by atoms with Crippen LogP contribution in [0.25, 0.3) is 0 Å². The third kappa shape index (κ3) is 5.80. The summed E-state index contributed by atoms with van der Waals surface area (Å²) in [5, 5.41) is 20.9. The number of fused-ring (bicyclic) bond motifs is 1. The number of anilines is 1. The van der Waals surface area contributed by atoms with Gasteiger partial charge in [0.05, 0.1) is 23.0 Å². The van der Waals surface area contributed by atoms with E-state index in [1.165, 1.54) is 30.4 Å². The van der Waals surface area contributed by atoms with Crippen molar-refractivity contribution in [3.8, 4) is 0 Å². The molecule has 0 saturated heterocycles. The number of rotatable bonds is 11. The third-order valence-electron chi connectivity index (χ3n) is 4.77. The Morgan fingerprint density at radius 2 is 1.45 bits per heavy atom. The van der Waals surface area contributed by atoms with Gasteiger partial charge >= 0.3 is 0 Å². The van der Waals surface area contributed by atoms with Gasteiger partial charge in [0.2, 0.25) is 17.5 Å². The first-order valence-electron chi connectivity index (χ1n) is 10.2. The number of nitrogens with zero attached hydrogens (tertiary/aromatic N) is 1. The zero-order valence-electron chi connectivity index (χ0n) is 17.5. The van der Waals surface area contributed by atoms with Crippen LogP contribution in [0.5, 0.6) is 0 Å². The Balaban J connectivity index is 1.69. The lowest BCUT2D eigenvalue weighted by molar-refractivity contribution is -0.137. The van der Waals surface area contributed by atoms with E-state index in [1.807, 2.05) is 0 Å². The molecule has 0 fully saturated rings. The fraction of sp³-hybridized carbons (Fsp3) is 0.318. The van der Waals surface area contributed by atoms with Crippen molar-refractivity contribution in [2.24, 2.45) is 0 Å². The van der Waals surface area contributed by atoms with Gasteiger partial charge in [-0.05, 0) is 24.6 Å². The number of hydrogen-bond acceptors (Lipinski definition) is 9. The van der Waals surface area contributed by atoms with Gasteiger partial charge in [0, 0.05) is 53.4 Å². The highest BCUT2D eigenvalue weighted by molar-refractivity contribution is 8.08. The van der Waals surface area contributed by atoms with Crippen molar-refractivity contribution in [3.05, 3.63) is 51.3 Å². The highest BCUT2D eigenvalue weighted by atomic mass is 32.2. The van der Waals surface area contributed by atoms with Crippen LogP contribution in [0.4, 0.5) is 5.69 Å². The number of carbonyl (C=O) groups excluding carboxylic acids is 5. The largest absolute Gasteiger partial charge is 0.396 e. The molecular formula is C22H22N2O7S2. The summed E-state index contributed by atoms with van der Waals surface area (Å²) in [6, 6.07) is 4.45. The molecule has 1 aliphatic heterocycles. The Kier molecular flexibility index (Phi) is 8.61. The van der Waals surface area contributed by atoms with Crippen LogP contribution in [0.3, 0.4) is 0 Å². The maximum absolute atomic E-state index is 13.1. The average Bonchev–Trinajstić information content (AvgIpc) is 3.12. The molecule has 1 aromatic rings. The van der Waals surface area contributed by atoms with Crippen LogP contribution in [0, 0.1) is 0 Å². The highest BCUT2D eigenvalue weighted by Crippen LogP contribution is 2.38. The number of benzene rings is 1. The summed E-state index contributed by atoms with van der Waals surface area (Å²) in [6.45, 7) is -0.191. The van der Waals surface area contributed by atoms with Gasteiger partial charge in [-0.2, -0.15) is 0 Å². The van der Waals surface area contributed by atoms with Gasteiger partial charge in [-0.15, -0.1) is 23.5 Å². The summed E-state index contributed by atoms with van der Waals surface area (Å²) >= 11 is 2.18. The quantitative estimate of drug-likeness (QED) is 0.392. The zero-order valence-corrected chi connectivity index (χ0v) is 19.2. The fourth-order valence-corrected chi connectivity index (χ4v) is 5.16. The second-order valence-corrected chi connectivity index (χ2v) is 9.24. The Bertz CT molecular complexity index is 1050. The lowest BCUT2D eigenvalue weighted by atomic mass is 9.94. The van der Waals surface area contributed by atoms with E-state index in [9.17, 15) is 24.0 Å². The molecule has 9 nitrogen and oxygen atoms in total. The first kappa shape index (κ1) is 24.9. The van der Waals surface area contributed by atoms with Crippen LogP contribution in [0.1, 0.15) is 33.6 Å². The molecule has 0 spiro atoms. The molecule has 0 unspecified atom stereocenters. The fourth-order valence-electron chi connectivity index (χ4n) is 3.29. The predicted octanol–water partition coefficient (Wildman–Crippen LogP) is 1.37. The third-order valence-corrected chi connectivity index (χ3v) is 7.03. The Hall–Kier alpha value is -2.73. The molecule has 1 heterocycles. The minimum atomic E-state index is -0.405. The van der Waals surface area contributed by atoms with Gasteiger partial charge in [-0.1, -0.05) is 0 Å². The van der Waals surface area contributed by atoms with E-state index in [4.69, 9.17) is 10.2 Å². The minimum Gasteiger partial charge on any atom is -0.396 e. The monoisotopic (exact) mass is 490 g/mol. The average molecular weight is 491 g/mol.